The average Bonchev–Trinajstić information content (AvgIpc) is 3.09. The number of benzene rings is 4. The first-order chi connectivity index (χ1) is 14.6. The Hall–Kier alpha value is -3.26. The molecule has 0 saturated carbocycles. The van der Waals surface area contributed by atoms with Gasteiger partial charge in [0.1, 0.15) is 0 Å². The number of aromatic nitrogens is 1. The van der Waals surface area contributed by atoms with Crippen molar-refractivity contribution in [2.45, 2.75) is 26.2 Å². The molecule has 30 heavy (non-hydrogen) atoms. The van der Waals surface area contributed by atoms with Gasteiger partial charge < -0.3 is 4.57 Å². The summed E-state index contributed by atoms with van der Waals surface area (Å²) in [5.74, 6) is 0. The second-order valence-corrected chi connectivity index (χ2v) is 9.48. The van der Waals surface area contributed by atoms with E-state index < -0.39 is 0 Å². The van der Waals surface area contributed by atoms with Crippen LogP contribution in [-0.2, 0) is 5.41 Å². The third-order valence-corrected chi connectivity index (χ3v) is 7.52. The lowest BCUT2D eigenvalue weighted by atomic mass is 9.30. The van der Waals surface area contributed by atoms with E-state index in [0.717, 1.165) is 0 Å². The van der Waals surface area contributed by atoms with Gasteiger partial charge in [-0.2, -0.15) is 0 Å². The van der Waals surface area contributed by atoms with E-state index in [2.05, 4.69) is 104 Å². The fraction of sp³-hybridized carbons (Fsp3) is 0.143. The SMILES string of the molecule is Cc1ccc2c(c1)B1c3ccccc3-n3c4ccccc4c4ccc(c1c43)C2(C)C. The normalized spacial score (nSPS) is 15.4. The second-order valence-electron chi connectivity index (χ2n) is 9.48. The monoisotopic (exact) mass is 383 g/mol. The fourth-order valence-electron chi connectivity index (χ4n) is 6.22. The lowest BCUT2D eigenvalue weighted by Gasteiger charge is -2.41. The molecule has 0 N–H and O–H groups in total. The van der Waals surface area contributed by atoms with Crippen molar-refractivity contribution in [1.82, 2.24) is 4.57 Å². The highest BCUT2D eigenvalue weighted by molar-refractivity contribution is 6.99. The minimum atomic E-state index is -0.0172. The smallest absolute Gasteiger partial charge is 0.247 e. The van der Waals surface area contributed by atoms with Crippen LogP contribution in [0.5, 0.6) is 0 Å². The molecule has 4 aromatic carbocycles. The van der Waals surface area contributed by atoms with E-state index >= 15 is 0 Å². The maximum Gasteiger partial charge on any atom is 0.247 e. The summed E-state index contributed by atoms with van der Waals surface area (Å²) in [4.78, 5) is 0. The van der Waals surface area contributed by atoms with Crippen LogP contribution in [0.1, 0.15) is 30.5 Å². The molecular weight excluding hydrogens is 361 g/mol. The molecule has 0 aliphatic carbocycles. The van der Waals surface area contributed by atoms with Crippen molar-refractivity contribution in [3.8, 4) is 5.69 Å². The molecule has 142 valence electrons. The molecule has 0 fully saturated rings. The highest BCUT2D eigenvalue weighted by atomic mass is 15.0. The van der Waals surface area contributed by atoms with Crippen LogP contribution in [0, 0.1) is 6.92 Å². The second kappa shape index (κ2) is 5.26. The highest BCUT2D eigenvalue weighted by Crippen LogP contribution is 2.40. The Bertz CT molecular complexity index is 1540. The minimum absolute atomic E-state index is 0.0172. The van der Waals surface area contributed by atoms with Gasteiger partial charge in [0.2, 0.25) is 6.71 Å². The van der Waals surface area contributed by atoms with E-state index in [1.165, 1.54) is 60.6 Å². The lowest BCUT2D eigenvalue weighted by Crippen LogP contribution is -2.63. The molecule has 7 rings (SSSR count). The molecule has 0 radical (unpaired) electrons. The number of hydrogen-bond acceptors (Lipinski definition) is 0. The summed E-state index contributed by atoms with van der Waals surface area (Å²) >= 11 is 0. The molecule has 1 nitrogen and oxygen atoms in total. The van der Waals surface area contributed by atoms with Gasteiger partial charge in [-0.15, -0.1) is 0 Å². The topological polar surface area (TPSA) is 4.93 Å². The quantitative estimate of drug-likeness (QED) is 0.339. The molecule has 0 saturated heterocycles. The van der Waals surface area contributed by atoms with Crippen LogP contribution >= 0.6 is 0 Å². The Kier molecular flexibility index (Phi) is 2.90. The van der Waals surface area contributed by atoms with E-state index in [0.29, 0.717) is 6.71 Å². The molecule has 0 amide bonds. The summed E-state index contributed by atoms with van der Waals surface area (Å²) in [5.41, 5.74) is 12.7. The van der Waals surface area contributed by atoms with Crippen molar-refractivity contribution in [2.75, 3.05) is 0 Å². The van der Waals surface area contributed by atoms with Gasteiger partial charge in [-0.05, 0) is 41.1 Å². The average molecular weight is 383 g/mol. The van der Waals surface area contributed by atoms with Crippen LogP contribution in [0.15, 0.2) is 78.9 Å². The van der Waals surface area contributed by atoms with E-state index in [-0.39, 0.29) is 5.41 Å². The van der Waals surface area contributed by atoms with Crippen molar-refractivity contribution >= 4 is 44.9 Å². The zero-order valence-corrected chi connectivity index (χ0v) is 17.5. The first kappa shape index (κ1) is 16.5. The van der Waals surface area contributed by atoms with Gasteiger partial charge in [-0.3, -0.25) is 0 Å². The standard InChI is InChI=1S/C28H22BN/c1-17-12-14-20-23(16-17)29-22-9-5-7-11-25(22)30-24-10-6-4-8-18(24)19-13-15-21(28(20,2)3)26(29)27(19)30/h4-16H,1-3H3. The first-order valence-electron chi connectivity index (χ1n) is 10.8. The van der Waals surface area contributed by atoms with Gasteiger partial charge in [-0.25, -0.2) is 0 Å². The van der Waals surface area contributed by atoms with Crippen LogP contribution in [0.25, 0.3) is 27.5 Å². The van der Waals surface area contributed by atoms with Crippen LogP contribution in [-0.4, -0.2) is 11.3 Å². The van der Waals surface area contributed by atoms with Crippen LogP contribution in [0.3, 0.4) is 0 Å². The van der Waals surface area contributed by atoms with Gasteiger partial charge in [0, 0.05) is 27.4 Å². The van der Waals surface area contributed by atoms with Crippen LogP contribution in [0.4, 0.5) is 0 Å². The Morgan fingerprint density at radius 1 is 0.733 bits per heavy atom. The fourth-order valence-corrected chi connectivity index (χ4v) is 6.22. The summed E-state index contributed by atoms with van der Waals surface area (Å²) in [6, 6.07) is 29.7. The molecule has 0 spiro atoms. The summed E-state index contributed by atoms with van der Waals surface area (Å²) in [5, 5.41) is 2.72. The van der Waals surface area contributed by atoms with E-state index in [9.17, 15) is 0 Å². The molecular formula is C28H22BN. The van der Waals surface area contributed by atoms with Crippen LogP contribution in [0.2, 0.25) is 0 Å². The number of hydrogen-bond donors (Lipinski definition) is 0. The summed E-state index contributed by atoms with van der Waals surface area (Å²) in [6.07, 6.45) is 0. The summed E-state index contributed by atoms with van der Waals surface area (Å²) in [6.45, 7) is 7.29. The van der Waals surface area contributed by atoms with Crippen molar-refractivity contribution < 1.29 is 0 Å². The molecule has 0 atom stereocenters. The van der Waals surface area contributed by atoms with E-state index in [1.54, 1.807) is 0 Å². The number of rotatable bonds is 0. The van der Waals surface area contributed by atoms with Crippen molar-refractivity contribution in [1.29, 1.82) is 0 Å². The molecule has 0 bridgehead atoms. The van der Waals surface area contributed by atoms with Crippen LogP contribution < -0.4 is 16.4 Å². The Morgan fingerprint density at radius 2 is 1.50 bits per heavy atom. The number of fused-ring (bicyclic) bond motifs is 8. The minimum Gasteiger partial charge on any atom is -0.310 e. The van der Waals surface area contributed by atoms with Gasteiger partial charge >= 0.3 is 0 Å². The van der Waals surface area contributed by atoms with Gasteiger partial charge in [-0.1, -0.05) is 91.6 Å². The maximum atomic E-state index is 2.52. The third-order valence-electron chi connectivity index (χ3n) is 7.52. The lowest BCUT2D eigenvalue weighted by molar-refractivity contribution is 0.646. The zero-order valence-electron chi connectivity index (χ0n) is 17.5. The number of para-hydroxylation sites is 2. The van der Waals surface area contributed by atoms with E-state index in [4.69, 9.17) is 0 Å². The molecule has 5 aromatic rings. The Labute approximate surface area is 177 Å². The molecule has 2 aliphatic heterocycles. The zero-order chi connectivity index (χ0) is 20.2. The maximum absolute atomic E-state index is 2.52. The molecule has 2 aliphatic rings. The van der Waals surface area contributed by atoms with E-state index in [1.807, 2.05) is 0 Å². The summed E-state index contributed by atoms with van der Waals surface area (Å²) < 4.78 is 2.52. The predicted molar refractivity (Wildman–Crippen MR) is 129 cm³/mol. The first-order valence-corrected chi connectivity index (χ1v) is 10.8. The molecule has 0 unspecified atom stereocenters. The highest BCUT2D eigenvalue weighted by Gasteiger charge is 2.44. The number of nitrogens with zero attached hydrogens (tertiary/aromatic N) is 1. The van der Waals surface area contributed by atoms with Gasteiger partial charge in [0.25, 0.3) is 0 Å². The third kappa shape index (κ3) is 1.77. The largest absolute Gasteiger partial charge is 0.310 e. The molecule has 1 aromatic heterocycles. The Balaban J connectivity index is 1.78. The molecule has 2 heteroatoms. The van der Waals surface area contributed by atoms with Crippen molar-refractivity contribution in [3.05, 3.63) is 95.6 Å². The molecule has 3 heterocycles. The van der Waals surface area contributed by atoms with Gasteiger partial charge in [0.15, 0.2) is 0 Å². The van der Waals surface area contributed by atoms with Gasteiger partial charge in [0.05, 0.1) is 5.52 Å². The summed E-state index contributed by atoms with van der Waals surface area (Å²) in [7, 11) is 0. The number of aryl methyl sites for hydroxylation is 1. The Morgan fingerprint density at radius 3 is 2.40 bits per heavy atom. The predicted octanol–water partition coefficient (Wildman–Crippen LogP) is 4.56. The van der Waals surface area contributed by atoms with Crippen molar-refractivity contribution in [2.24, 2.45) is 0 Å². The van der Waals surface area contributed by atoms with Crippen molar-refractivity contribution in [3.63, 3.8) is 0 Å².